The minimum absolute atomic E-state index is 0.840. The Kier molecular flexibility index (Phi) is 3.78. The minimum atomic E-state index is 0.840. The van der Waals surface area contributed by atoms with Gasteiger partial charge in [0.15, 0.2) is 0 Å². The quantitative estimate of drug-likeness (QED) is 0.493. The first-order chi connectivity index (χ1) is 4.13. The van der Waals surface area contributed by atoms with E-state index in [4.69, 9.17) is 6.58 Å². The van der Waals surface area contributed by atoms with E-state index in [1.54, 1.807) is 0 Å². The molecule has 0 aromatic carbocycles. The molecule has 0 spiro atoms. The van der Waals surface area contributed by atoms with Crippen LogP contribution in [0.4, 0.5) is 0 Å². The third-order valence-corrected chi connectivity index (χ3v) is 0.789. The molecule has 0 aliphatic rings. The highest BCUT2D eigenvalue weighted by atomic mass is 13.8. The van der Waals surface area contributed by atoms with E-state index in [1.165, 1.54) is 5.57 Å². The maximum absolute atomic E-state index is 5.38. The van der Waals surface area contributed by atoms with Crippen molar-refractivity contribution in [1.82, 2.24) is 0 Å². The van der Waals surface area contributed by atoms with Crippen LogP contribution in [-0.2, 0) is 0 Å². The maximum atomic E-state index is 5.38. The van der Waals surface area contributed by atoms with Gasteiger partial charge in [0, 0.05) is 0 Å². The summed E-state index contributed by atoms with van der Waals surface area (Å²) in [6.07, 6.45) is 5.86. The first-order valence-corrected chi connectivity index (χ1v) is 3.03. The molecule has 0 saturated heterocycles. The zero-order valence-corrected chi connectivity index (χ0v) is 6.31. The van der Waals surface area contributed by atoms with Gasteiger partial charge in [-0.15, -0.1) is 0 Å². The Bertz CT molecular complexity index is 143. The summed E-state index contributed by atoms with van der Waals surface area (Å²) in [5.74, 6) is 0. The lowest BCUT2D eigenvalue weighted by Gasteiger charge is -1.82. The molecule has 49 valence electrons. The molecule has 0 N–H and O–H groups in total. The van der Waals surface area contributed by atoms with Crippen molar-refractivity contribution in [2.24, 2.45) is 0 Å². The molecule has 0 heteroatoms. The predicted octanol–water partition coefficient (Wildman–Crippen LogP) is 2.89. The summed E-state index contributed by atoms with van der Waals surface area (Å²) in [7, 11) is 0. The highest BCUT2D eigenvalue weighted by Crippen LogP contribution is 1.92. The SMILES string of the molecule is [CH]=C(C)C=CC=C(C)C. The van der Waals surface area contributed by atoms with Gasteiger partial charge in [0.1, 0.15) is 0 Å². The van der Waals surface area contributed by atoms with Gasteiger partial charge in [0.2, 0.25) is 0 Å². The second kappa shape index (κ2) is 4.13. The lowest BCUT2D eigenvalue weighted by Crippen LogP contribution is -1.61. The van der Waals surface area contributed by atoms with Gasteiger partial charge in [-0.1, -0.05) is 36.0 Å². The first-order valence-electron chi connectivity index (χ1n) is 3.03. The third kappa shape index (κ3) is 7.22. The van der Waals surface area contributed by atoms with Crippen LogP contribution in [0.3, 0.4) is 0 Å². The molecule has 0 aromatic rings. The van der Waals surface area contributed by atoms with Crippen LogP contribution in [0.25, 0.3) is 0 Å². The predicted molar refractivity (Wildman–Crippen MR) is 42.1 cm³/mol. The minimum Gasteiger partial charge on any atom is -0.0764 e. The van der Waals surface area contributed by atoms with Gasteiger partial charge in [-0.3, -0.25) is 0 Å². The number of rotatable bonds is 2. The van der Waals surface area contributed by atoms with Crippen LogP contribution in [0.2, 0.25) is 0 Å². The molecular formula is C9H13. The largest absolute Gasteiger partial charge is 0.0764 e. The van der Waals surface area contributed by atoms with E-state index in [0.29, 0.717) is 0 Å². The molecule has 0 heterocycles. The van der Waals surface area contributed by atoms with Gasteiger partial charge in [0.05, 0.1) is 0 Å². The second-order valence-electron chi connectivity index (χ2n) is 2.35. The summed E-state index contributed by atoms with van der Waals surface area (Å²) in [5, 5.41) is 0. The van der Waals surface area contributed by atoms with E-state index in [9.17, 15) is 0 Å². The van der Waals surface area contributed by atoms with Crippen molar-refractivity contribution in [3.8, 4) is 0 Å². The zero-order valence-electron chi connectivity index (χ0n) is 6.31. The van der Waals surface area contributed by atoms with E-state index >= 15 is 0 Å². The fraction of sp³-hybridized carbons (Fsp3) is 0.333. The molecule has 1 radical (unpaired) electrons. The molecular weight excluding hydrogens is 108 g/mol. The van der Waals surface area contributed by atoms with Crippen LogP contribution in [0.1, 0.15) is 20.8 Å². The molecule has 0 saturated carbocycles. The molecule has 0 fully saturated rings. The van der Waals surface area contributed by atoms with E-state index in [2.05, 4.69) is 13.8 Å². The van der Waals surface area contributed by atoms with Gasteiger partial charge in [-0.2, -0.15) is 0 Å². The van der Waals surface area contributed by atoms with Crippen LogP contribution in [-0.4, -0.2) is 0 Å². The first kappa shape index (κ1) is 8.22. The monoisotopic (exact) mass is 121 g/mol. The van der Waals surface area contributed by atoms with E-state index < -0.39 is 0 Å². The summed E-state index contributed by atoms with van der Waals surface area (Å²) in [5.41, 5.74) is 2.13. The normalized spacial score (nSPS) is 9.67. The molecule has 0 atom stereocenters. The van der Waals surface area contributed by atoms with Gasteiger partial charge >= 0.3 is 0 Å². The highest BCUT2D eigenvalue weighted by Gasteiger charge is 1.71. The van der Waals surface area contributed by atoms with Gasteiger partial charge < -0.3 is 0 Å². The van der Waals surface area contributed by atoms with Crippen molar-refractivity contribution in [2.45, 2.75) is 20.8 Å². The van der Waals surface area contributed by atoms with Crippen LogP contribution in [0.5, 0.6) is 0 Å². The van der Waals surface area contributed by atoms with Crippen molar-refractivity contribution >= 4 is 0 Å². The van der Waals surface area contributed by atoms with Gasteiger partial charge in [-0.05, 0) is 20.8 Å². The summed E-state index contributed by atoms with van der Waals surface area (Å²) in [6.45, 7) is 11.4. The summed E-state index contributed by atoms with van der Waals surface area (Å²) >= 11 is 0. The Morgan fingerprint density at radius 3 is 2.11 bits per heavy atom. The topological polar surface area (TPSA) is 0 Å². The third-order valence-electron chi connectivity index (χ3n) is 0.789. The second-order valence-corrected chi connectivity index (χ2v) is 2.35. The smallest absolute Gasteiger partial charge is 0.0398 e. The van der Waals surface area contributed by atoms with Crippen molar-refractivity contribution < 1.29 is 0 Å². The number of hydrogen-bond donors (Lipinski definition) is 0. The van der Waals surface area contributed by atoms with Crippen LogP contribution in [0.15, 0.2) is 29.4 Å². The molecule has 9 heavy (non-hydrogen) atoms. The van der Waals surface area contributed by atoms with Crippen molar-refractivity contribution in [2.75, 3.05) is 0 Å². The van der Waals surface area contributed by atoms with Crippen molar-refractivity contribution in [1.29, 1.82) is 0 Å². The molecule has 0 aliphatic heterocycles. The highest BCUT2D eigenvalue weighted by molar-refractivity contribution is 5.17. The average molecular weight is 121 g/mol. The van der Waals surface area contributed by atoms with E-state index in [1.807, 2.05) is 25.2 Å². The molecule has 0 amide bonds. The Hall–Kier alpha value is -0.780. The molecule has 0 bridgehead atoms. The van der Waals surface area contributed by atoms with Gasteiger partial charge in [0.25, 0.3) is 0 Å². The van der Waals surface area contributed by atoms with E-state index in [0.717, 1.165) is 5.57 Å². The Labute approximate surface area is 57.6 Å². The van der Waals surface area contributed by atoms with Gasteiger partial charge in [-0.25, -0.2) is 0 Å². The fourth-order valence-electron chi connectivity index (χ4n) is 0.392. The number of hydrogen-bond acceptors (Lipinski definition) is 0. The molecule has 0 aromatic heterocycles. The molecule has 0 aliphatic carbocycles. The van der Waals surface area contributed by atoms with Crippen LogP contribution < -0.4 is 0 Å². The zero-order chi connectivity index (χ0) is 7.28. The molecule has 0 unspecified atom stereocenters. The summed E-state index contributed by atoms with van der Waals surface area (Å²) in [4.78, 5) is 0. The summed E-state index contributed by atoms with van der Waals surface area (Å²) in [6, 6.07) is 0. The molecule has 0 rings (SSSR count). The lowest BCUT2D eigenvalue weighted by molar-refractivity contribution is 1.39. The Balaban J connectivity index is 3.74. The van der Waals surface area contributed by atoms with E-state index in [-0.39, 0.29) is 0 Å². The molecule has 0 nitrogen and oxygen atoms in total. The summed E-state index contributed by atoms with van der Waals surface area (Å²) < 4.78 is 0. The standard InChI is InChI=1S/C9H13/c1-8(2)6-5-7-9(3)4/h1,5-7H,2-4H3. The van der Waals surface area contributed by atoms with Crippen LogP contribution >= 0.6 is 0 Å². The Morgan fingerprint density at radius 2 is 1.78 bits per heavy atom. The van der Waals surface area contributed by atoms with Crippen molar-refractivity contribution in [3.63, 3.8) is 0 Å². The fourth-order valence-corrected chi connectivity index (χ4v) is 0.392. The van der Waals surface area contributed by atoms with Crippen molar-refractivity contribution in [3.05, 3.63) is 36.0 Å². The lowest BCUT2D eigenvalue weighted by atomic mass is 10.2. The Morgan fingerprint density at radius 1 is 1.22 bits per heavy atom. The average Bonchev–Trinajstić information content (AvgIpc) is 1.63. The number of allylic oxidation sites excluding steroid dienone is 5. The maximum Gasteiger partial charge on any atom is -0.0398 e. The van der Waals surface area contributed by atoms with Crippen LogP contribution in [0, 0.1) is 6.58 Å².